The van der Waals surface area contributed by atoms with Gasteiger partial charge in [-0.25, -0.2) is 9.38 Å². The van der Waals surface area contributed by atoms with E-state index >= 15 is 0 Å². The minimum Gasteiger partial charge on any atom is -0.354 e. The molecule has 6 nitrogen and oxygen atoms in total. The first-order chi connectivity index (χ1) is 15.8. The monoisotopic (exact) mass is 464 g/mol. The molecule has 0 fully saturated rings. The van der Waals surface area contributed by atoms with Crippen molar-refractivity contribution in [3.63, 3.8) is 0 Å². The number of carbonyl (C=O) groups is 2. The van der Waals surface area contributed by atoms with E-state index in [4.69, 9.17) is 0 Å². The highest BCUT2D eigenvalue weighted by atomic mass is 32.2. The van der Waals surface area contributed by atoms with E-state index in [0.717, 1.165) is 11.3 Å². The second-order valence-corrected chi connectivity index (χ2v) is 9.00. The van der Waals surface area contributed by atoms with Crippen LogP contribution < -0.4 is 10.6 Å². The van der Waals surface area contributed by atoms with Crippen LogP contribution in [0, 0.1) is 5.82 Å². The molecule has 2 aliphatic rings. The smallest absolute Gasteiger partial charge is 0.255 e. The van der Waals surface area contributed by atoms with E-state index in [2.05, 4.69) is 15.6 Å². The standard InChI is InChI=1S/C25H25FN4O2S/c1-15(2)27-21(31)13-20-14-33-25-28-16(3)22(24(32)29-19-7-5-4-6-8-19)23(30(20)25)17-9-11-18(26)12-10-17/h4-12,14-15,23H,13H2,1-3H3,(H,27,31)(H,29,32). The molecule has 8 heteroatoms. The molecular formula is C25H25FN4O2S. The van der Waals surface area contributed by atoms with E-state index in [0.29, 0.717) is 22.1 Å². The number of benzene rings is 2. The Morgan fingerprint density at radius 2 is 1.82 bits per heavy atom. The summed E-state index contributed by atoms with van der Waals surface area (Å²) in [6.45, 7) is 5.61. The third-order valence-electron chi connectivity index (χ3n) is 5.25. The van der Waals surface area contributed by atoms with Crippen LogP contribution in [0.25, 0.3) is 0 Å². The summed E-state index contributed by atoms with van der Waals surface area (Å²) in [5, 5.41) is 8.42. The van der Waals surface area contributed by atoms with Crippen molar-refractivity contribution < 1.29 is 14.0 Å². The average Bonchev–Trinajstić information content (AvgIpc) is 3.15. The van der Waals surface area contributed by atoms with Gasteiger partial charge < -0.3 is 15.5 Å². The molecule has 0 aliphatic carbocycles. The molecule has 2 heterocycles. The number of aliphatic imine (C=N–C) groups is 1. The first-order valence-corrected chi connectivity index (χ1v) is 11.6. The molecule has 0 spiro atoms. The molecule has 2 aliphatic heterocycles. The molecule has 0 saturated carbocycles. The summed E-state index contributed by atoms with van der Waals surface area (Å²) < 4.78 is 13.7. The number of rotatable bonds is 6. The van der Waals surface area contributed by atoms with Crippen LogP contribution >= 0.6 is 11.8 Å². The Labute approximate surface area is 196 Å². The number of allylic oxidation sites excluding steroid dienone is 1. The maximum atomic E-state index is 13.7. The van der Waals surface area contributed by atoms with E-state index in [9.17, 15) is 14.0 Å². The number of hydrogen-bond donors (Lipinski definition) is 2. The summed E-state index contributed by atoms with van der Waals surface area (Å²) in [4.78, 5) is 32.5. The van der Waals surface area contributed by atoms with Gasteiger partial charge in [-0.2, -0.15) is 0 Å². The Kier molecular flexibility index (Phi) is 6.65. The van der Waals surface area contributed by atoms with Crippen molar-refractivity contribution in [1.82, 2.24) is 10.2 Å². The van der Waals surface area contributed by atoms with Gasteiger partial charge in [-0.05, 0) is 56.0 Å². The number of anilines is 1. The molecule has 1 unspecified atom stereocenters. The zero-order valence-corrected chi connectivity index (χ0v) is 19.4. The van der Waals surface area contributed by atoms with Gasteiger partial charge in [-0.3, -0.25) is 9.59 Å². The minimum absolute atomic E-state index is 0.0175. The minimum atomic E-state index is -0.546. The van der Waals surface area contributed by atoms with Crippen LogP contribution in [0.5, 0.6) is 0 Å². The van der Waals surface area contributed by atoms with Crippen LogP contribution in [0.1, 0.15) is 38.8 Å². The number of nitrogens with zero attached hydrogens (tertiary/aromatic N) is 2. The van der Waals surface area contributed by atoms with Crippen LogP contribution in [-0.2, 0) is 9.59 Å². The van der Waals surface area contributed by atoms with E-state index in [-0.39, 0.29) is 30.1 Å². The van der Waals surface area contributed by atoms with Crippen molar-refractivity contribution in [2.45, 2.75) is 39.3 Å². The highest BCUT2D eigenvalue weighted by molar-refractivity contribution is 8.16. The number of carbonyl (C=O) groups excluding carboxylic acids is 2. The van der Waals surface area contributed by atoms with Gasteiger partial charge >= 0.3 is 0 Å². The molecule has 2 N–H and O–H groups in total. The summed E-state index contributed by atoms with van der Waals surface area (Å²) >= 11 is 1.41. The second-order valence-electron chi connectivity index (χ2n) is 8.16. The Morgan fingerprint density at radius 3 is 2.48 bits per heavy atom. The van der Waals surface area contributed by atoms with Crippen molar-refractivity contribution in [2.24, 2.45) is 4.99 Å². The normalized spacial score (nSPS) is 17.5. The third kappa shape index (κ3) is 5.01. The molecule has 0 bridgehead atoms. The van der Waals surface area contributed by atoms with Crippen molar-refractivity contribution in [2.75, 3.05) is 5.32 Å². The summed E-state index contributed by atoms with van der Waals surface area (Å²) in [5.74, 6) is -0.765. The molecule has 2 aromatic carbocycles. The number of halogens is 1. The predicted octanol–water partition coefficient (Wildman–Crippen LogP) is 4.95. The van der Waals surface area contributed by atoms with Gasteiger partial charge in [0.25, 0.3) is 5.91 Å². The predicted molar refractivity (Wildman–Crippen MR) is 130 cm³/mol. The van der Waals surface area contributed by atoms with Crippen LogP contribution in [0.4, 0.5) is 10.1 Å². The van der Waals surface area contributed by atoms with Gasteiger partial charge in [-0.1, -0.05) is 42.1 Å². The van der Waals surface area contributed by atoms with Crippen LogP contribution in [0.3, 0.4) is 0 Å². The number of thioether (sulfide) groups is 1. The lowest BCUT2D eigenvalue weighted by atomic mass is 9.93. The number of hydrogen-bond acceptors (Lipinski definition) is 5. The largest absolute Gasteiger partial charge is 0.354 e. The Bertz CT molecular complexity index is 1160. The first-order valence-electron chi connectivity index (χ1n) is 10.7. The average molecular weight is 465 g/mol. The Morgan fingerprint density at radius 1 is 1.12 bits per heavy atom. The van der Waals surface area contributed by atoms with E-state index in [1.807, 2.05) is 54.5 Å². The molecular weight excluding hydrogens is 439 g/mol. The quantitative estimate of drug-likeness (QED) is 0.634. The summed E-state index contributed by atoms with van der Waals surface area (Å²) in [6, 6.07) is 14.7. The van der Waals surface area contributed by atoms with E-state index < -0.39 is 6.04 Å². The van der Waals surface area contributed by atoms with Crippen molar-refractivity contribution in [3.05, 3.63) is 88.4 Å². The molecule has 4 rings (SSSR count). The van der Waals surface area contributed by atoms with Crippen molar-refractivity contribution in [1.29, 1.82) is 0 Å². The molecule has 2 aromatic rings. The van der Waals surface area contributed by atoms with Gasteiger partial charge in [-0.15, -0.1) is 0 Å². The molecule has 1 atom stereocenters. The number of para-hydroxylation sites is 1. The van der Waals surface area contributed by atoms with Gasteiger partial charge in [0, 0.05) is 17.4 Å². The Balaban J connectivity index is 1.73. The van der Waals surface area contributed by atoms with Gasteiger partial charge in [0.15, 0.2) is 5.17 Å². The topological polar surface area (TPSA) is 73.8 Å². The van der Waals surface area contributed by atoms with Crippen LogP contribution in [0.15, 0.2) is 82.0 Å². The van der Waals surface area contributed by atoms with Crippen LogP contribution in [0.2, 0.25) is 0 Å². The lowest BCUT2D eigenvalue weighted by molar-refractivity contribution is -0.121. The fourth-order valence-electron chi connectivity index (χ4n) is 3.88. The molecule has 0 saturated heterocycles. The first kappa shape index (κ1) is 22.8. The maximum Gasteiger partial charge on any atom is 0.255 e. The molecule has 0 aromatic heterocycles. The fourth-order valence-corrected chi connectivity index (χ4v) is 4.84. The zero-order chi connectivity index (χ0) is 23.5. The number of amides is 2. The summed E-state index contributed by atoms with van der Waals surface area (Å²) in [5.41, 5.74) is 3.17. The lowest BCUT2D eigenvalue weighted by Gasteiger charge is -2.36. The van der Waals surface area contributed by atoms with Gasteiger partial charge in [0.1, 0.15) is 5.82 Å². The number of fused-ring (bicyclic) bond motifs is 1. The SMILES string of the molecule is CC1=C(C(=O)Nc2ccccc2)C(c2ccc(F)cc2)N2C(CC(=O)NC(C)C)=CSC2=N1. The molecule has 33 heavy (non-hydrogen) atoms. The van der Waals surface area contributed by atoms with Gasteiger partial charge in [0.2, 0.25) is 5.91 Å². The lowest BCUT2D eigenvalue weighted by Crippen LogP contribution is -2.39. The number of amidine groups is 1. The third-order valence-corrected chi connectivity index (χ3v) is 6.14. The molecule has 2 amide bonds. The molecule has 170 valence electrons. The van der Waals surface area contributed by atoms with E-state index in [1.165, 1.54) is 23.9 Å². The van der Waals surface area contributed by atoms with Crippen molar-refractivity contribution in [3.8, 4) is 0 Å². The second kappa shape index (κ2) is 9.62. The maximum absolute atomic E-state index is 13.7. The van der Waals surface area contributed by atoms with Gasteiger partial charge in [0.05, 0.1) is 23.7 Å². The zero-order valence-electron chi connectivity index (χ0n) is 18.6. The van der Waals surface area contributed by atoms with E-state index in [1.54, 1.807) is 19.1 Å². The summed E-state index contributed by atoms with van der Waals surface area (Å²) in [6.07, 6.45) is 0.147. The van der Waals surface area contributed by atoms with Crippen LogP contribution in [-0.4, -0.2) is 27.9 Å². The summed E-state index contributed by atoms with van der Waals surface area (Å²) in [7, 11) is 0. The Hall–Kier alpha value is -3.39. The highest BCUT2D eigenvalue weighted by Gasteiger charge is 2.40. The molecule has 0 radical (unpaired) electrons. The highest BCUT2D eigenvalue weighted by Crippen LogP contribution is 2.44. The van der Waals surface area contributed by atoms with Crippen molar-refractivity contribution >= 4 is 34.4 Å². The number of nitrogens with one attached hydrogen (secondary N) is 2. The fraction of sp³-hybridized carbons (Fsp3) is 0.240.